The van der Waals surface area contributed by atoms with Crippen molar-refractivity contribution in [3.8, 4) is 0 Å². The first-order chi connectivity index (χ1) is 14.6. The fraction of sp³-hybridized carbons (Fsp3) is 1.00. The summed E-state index contributed by atoms with van der Waals surface area (Å²) >= 11 is 0. The Morgan fingerprint density at radius 3 is 1.48 bits per heavy atom. The molecule has 0 fully saturated rings. The predicted molar refractivity (Wildman–Crippen MR) is 86.6 cm³/mol. The topological polar surface area (TPSA) is 68.2 Å². The van der Waals surface area contributed by atoms with Crippen molar-refractivity contribution in [1.29, 1.82) is 0 Å². The van der Waals surface area contributed by atoms with Crippen LogP contribution in [0.3, 0.4) is 0 Å². The van der Waals surface area contributed by atoms with E-state index in [-0.39, 0.29) is 6.42 Å². The smallest absolute Gasteiger partial charge is 0.363 e. The number of halogens is 12. The summed E-state index contributed by atoms with van der Waals surface area (Å²) in [7, 11) is 0.366. The van der Waals surface area contributed by atoms with Gasteiger partial charge in [-0.25, -0.2) is 0 Å². The molecule has 0 aromatic rings. The van der Waals surface area contributed by atoms with Gasteiger partial charge < -0.3 is 24.4 Å². The fourth-order valence-corrected chi connectivity index (χ4v) is 1.83. The maximum atomic E-state index is 13.1. The fourth-order valence-electron chi connectivity index (χ4n) is 1.83. The molecule has 0 rings (SSSR count). The summed E-state index contributed by atoms with van der Waals surface area (Å²) < 4.78 is 157. The Hall–Kier alpha value is -1.04. The molecule has 2 unspecified atom stereocenters. The molecule has 2 atom stereocenters. The van der Waals surface area contributed by atoms with Crippen molar-refractivity contribution in [2.75, 3.05) is 20.3 Å². The number of ether oxygens (including phenoxy) is 3. The predicted octanol–water partition coefficient (Wildman–Crippen LogP) is 5.25. The van der Waals surface area contributed by atoms with Crippen LogP contribution in [0.4, 0.5) is 52.7 Å². The molecule has 0 heterocycles. The Labute approximate surface area is 180 Å². The molecule has 0 aromatic heterocycles. The Balaban J connectivity index is 0. The lowest BCUT2D eigenvalue weighted by atomic mass is 10.1. The highest BCUT2D eigenvalue weighted by Gasteiger charge is 2.76. The minimum Gasteiger partial charge on any atom is -0.363 e. The Morgan fingerprint density at radius 2 is 1.15 bits per heavy atom. The average molecular weight is 524 g/mol. The van der Waals surface area contributed by atoms with Gasteiger partial charge in [-0.1, -0.05) is 26.2 Å². The minimum absolute atomic E-state index is 0.261. The molecule has 5 nitrogen and oxygen atoms in total. The highest BCUT2D eigenvalue weighted by Crippen LogP contribution is 2.48. The van der Waals surface area contributed by atoms with Crippen LogP contribution in [-0.4, -0.2) is 72.9 Å². The van der Waals surface area contributed by atoms with E-state index in [1.165, 1.54) is 6.92 Å². The van der Waals surface area contributed by atoms with E-state index in [0.29, 0.717) is 13.5 Å². The molecule has 0 radical (unpaired) electrons. The molecule has 0 aliphatic carbocycles. The monoisotopic (exact) mass is 524 g/mol. The van der Waals surface area contributed by atoms with Crippen LogP contribution < -0.4 is 0 Å². The lowest BCUT2D eigenvalue weighted by molar-refractivity contribution is -0.485. The summed E-state index contributed by atoms with van der Waals surface area (Å²) in [5.74, 6) is -21.6. The van der Waals surface area contributed by atoms with Gasteiger partial charge >= 0.3 is 36.1 Å². The van der Waals surface area contributed by atoms with E-state index in [1.807, 2.05) is 6.92 Å². The van der Waals surface area contributed by atoms with Crippen molar-refractivity contribution in [3.63, 3.8) is 0 Å². The molecular formula is C16H24F12O5. The van der Waals surface area contributed by atoms with Gasteiger partial charge in [-0.15, -0.1) is 0 Å². The molecule has 0 saturated heterocycles. The van der Waals surface area contributed by atoms with Gasteiger partial charge in [-0.2, -0.15) is 52.7 Å². The van der Waals surface area contributed by atoms with E-state index < -0.39 is 55.6 Å². The quantitative estimate of drug-likeness (QED) is 0.208. The first-order valence-corrected chi connectivity index (χ1v) is 9.08. The molecule has 0 spiro atoms. The van der Waals surface area contributed by atoms with E-state index in [0.717, 1.165) is 12.8 Å². The van der Waals surface area contributed by atoms with Crippen molar-refractivity contribution in [2.24, 2.45) is 0 Å². The first kappa shape index (κ1) is 34.1. The number of aliphatic hydroxyl groups excluding tert-OH is 1. The van der Waals surface area contributed by atoms with Crippen LogP contribution in [-0.2, 0) is 14.2 Å². The van der Waals surface area contributed by atoms with E-state index in [1.54, 1.807) is 0 Å². The van der Waals surface area contributed by atoms with Crippen LogP contribution in [0.1, 0.15) is 39.5 Å². The third kappa shape index (κ3) is 8.60. The normalized spacial score (nSPS) is 16.6. The van der Waals surface area contributed by atoms with Crippen molar-refractivity contribution in [2.45, 2.75) is 81.9 Å². The van der Waals surface area contributed by atoms with Crippen molar-refractivity contribution in [3.05, 3.63) is 0 Å². The highest BCUT2D eigenvalue weighted by molar-refractivity contribution is 4.92. The summed E-state index contributed by atoms with van der Waals surface area (Å²) in [6, 6.07) is 0. The summed E-state index contributed by atoms with van der Waals surface area (Å²) in [6.07, 6.45) is -13.4. The zero-order valence-electron chi connectivity index (χ0n) is 17.5. The molecule has 0 aromatic carbocycles. The lowest BCUT2D eigenvalue weighted by Gasteiger charge is -2.35. The van der Waals surface area contributed by atoms with Gasteiger partial charge in [0.25, 0.3) is 0 Å². The van der Waals surface area contributed by atoms with Gasteiger partial charge in [0.05, 0.1) is 6.61 Å². The number of methoxy groups -OCH3 is 1. The van der Waals surface area contributed by atoms with Crippen LogP contribution in [0.25, 0.3) is 0 Å². The van der Waals surface area contributed by atoms with Gasteiger partial charge in [0.2, 0.25) is 6.29 Å². The van der Waals surface area contributed by atoms with Gasteiger partial charge in [-0.05, 0) is 13.3 Å². The Morgan fingerprint density at radius 1 is 0.697 bits per heavy atom. The summed E-state index contributed by atoms with van der Waals surface area (Å²) in [5.41, 5.74) is 0. The maximum absolute atomic E-state index is 13.1. The van der Waals surface area contributed by atoms with Crippen LogP contribution in [0.15, 0.2) is 0 Å². The van der Waals surface area contributed by atoms with Crippen LogP contribution in [0.2, 0.25) is 0 Å². The summed E-state index contributed by atoms with van der Waals surface area (Å²) in [4.78, 5) is 0. The summed E-state index contributed by atoms with van der Waals surface area (Å²) in [5, 5.41) is 17.4. The molecule has 202 valence electrons. The number of hydrogen-bond donors (Lipinski definition) is 2. The molecule has 0 saturated carbocycles. The average Bonchev–Trinajstić information content (AvgIpc) is 2.65. The van der Waals surface area contributed by atoms with Gasteiger partial charge in [-0.3, -0.25) is 0 Å². The molecule has 0 aliphatic heterocycles. The Bertz CT molecular complexity index is 553. The SMILES string of the molecule is CCCCCCOC(O)(OCC)C(F)(F)C(F)(F)F.COC(O)C(F)(F)C(F)(F)C(F)(F)F. The van der Waals surface area contributed by atoms with Crippen molar-refractivity contribution < 1.29 is 77.1 Å². The van der Waals surface area contributed by atoms with Crippen molar-refractivity contribution in [1.82, 2.24) is 0 Å². The number of alkyl halides is 12. The maximum Gasteiger partial charge on any atom is 0.462 e. The standard InChI is InChI=1S/C11H19F5O3.C5H5F7O2/c1-3-5-6-7-8-19-11(17,18-4-2)9(12,13)10(14,15)16;1-14-2(13)3(6,7)4(8,9)5(10,11)12/h17H,3-8H2,1-2H3;2,13H,1H3. The second kappa shape index (κ2) is 12.6. The van der Waals surface area contributed by atoms with E-state index in [9.17, 15) is 57.8 Å². The molecule has 0 aliphatic rings. The number of hydrogen-bond acceptors (Lipinski definition) is 5. The molecule has 0 bridgehead atoms. The summed E-state index contributed by atoms with van der Waals surface area (Å²) in [6.45, 7) is 2.10. The van der Waals surface area contributed by atoms with E-state index in [4.69, 9.17) is 5.11 Å². The number of aliphatic hydroxyl groups is 2. The minimum atomic E-state index is -6.46. The van der Waals surface area contributed by atoms with E-state index in [2.05, 4.69) is 14.2 Å². The third-order valence-electron chi connectivity index (χ3n) is 3.70. The van der Waals surface area contributed by atoms with Crippen LogP contribution >= 0.6 is 0 Å². The highest BCUT2D eigenvalue weighted by atomic mass is 19.4. The molecule has 0 amide bonds. The largest absolute Gasteiger partial charge is 0.462 e. The molecule has 2 N–H and O–H groups in total. The third-order valence-corrected chi connectivity index (χ3v) is 3.70. The zero-order valence-corrected chi connectivity index (χ0v) is 17.5. The zero-order chi connectivity index (χ0) is 26.9. The second-order valence-corrected chi connectivity index (χ2v) is 6.28. The van der Waals surface area contributed by atoms with E-state index >= 15 is 0 Å². The lowest BCUT2D eigenvalue weighted by Crippen LogP contribution is -2.60. The van der Waals surface area contributed by atoms with Gasteiger partial charge in [0, 0.05) is 13.7 Å². The van der Waals surface area contributed by atoms with Gasteiger partial charge in [0.1, 0.15) is 0 Å². The number of rotatable bonds is 12. The second-order valence-electron chi connectivity index (χ2n) is 6.28. The van der Waals surface area contributed by atoms with Gasteiger partial charge in [0.15, 0.2) is 0 Å². The van der Waals surface area contributed by atoms with Crippen LogP contribution in [0, 0.1) is 0 Å². The molecule has 17 heteroatoms. The number of unbranched alkanes of at least 4 members (excludes halogenated alkanes) is 3. The molecule has 33 heavy (non-hydrogen) atoms. The van der Waals surface area contributed by atoms with Crippen LogP contribution in [0.5, 0.6) is 0 Å². The Kier molecular flexibility index (Phi) is 13.0. The van der Waals surface area contributed by atoms with Crippen molar-refractivity contribution >= 4 is 0 Å². The molecular weight excluding hydrogens is 500 g/mol. The first-order valence-electron chi connectivity index (χ1n) is 9.08.